The minimum Gasteiger partial charge on any atom is -0.493 e. The van der Waals surface area contributed by atoms with Crippen LogP contribution in [0.1, 0.15) is 18.4 Å². The monoisotopic (exact) mass is 251 g/mol. The predicted octanol–water partition coefficient (Wildman–Crippen LogP) is 1.66. The Morgan fingerprint density at radius 1 is 1.17 bits per heavy atom. The van der Waals surface area contributed by atoms with Crippen molar-refractivity contribution in [2.75, 3.05) is 27.3 Å². The quantitative estimate of drug-likeness (QED) is 0.883. The molecule has 1 fully saturated rings. The number of ether oxygens (including phenoxy) is 2. The Morgan fingerprint density at radius 2 is 1.83 bits per heavy atom. The van der Waals surface area contributed by atoms with E-state index in [4.69, 9.17) is 9.47 Å². The van der Waals surface area contributed by atoms with E-state index in [-0.39, 0.29) is 6.10 Å². The lowest BCUT2D eigenvalue weighted by Gasteiger charge is -2.29. The zero-order valence-corrected chi connectivity index (χ0v) is 11.1. The Hall–Kier alpha value is -1.26. The Kier molecular flexibility index (Phi) is 4.44. The summed E-state index contributed by atoms with van der Waals surface area (Å²) in [6.45, 7) is 2.80. The highest BCUT2D eigenvalue weighted by atomic mass is 16.5. The summed E-state index contributed by atoms with van der Waals surface area (Å²) in [7, 11) is 3.29. The highest BCUT2D eigenvalue weighted by Gasteiger charge is 2.17. The van der Waals surface area contributed by atoms with E-state index in [1.807, 2.05) is 12.1 Å². The van der Waals surface area contributed by atoms with E-state index in [9.17, 15) is 5.11 Å². The summed E-state index contributed by atoms with van der Waals surface area (Å²) in [6, 6.07) is 6.02. The van der Waals surface area contributed by atoms with Gasteiger partial charge in [-0.3, -0.25) is 4.90 Å². The molecule has 0 atom stereocenters. The summed E-state index contributed by atoms with van der Waals surface area (Å²) in [5.41, 5.74) is 1.21. The van der Waals surface area contributed by atoms with Crippen LogP contribution in [0.3, 0.4) is 0 Å². The van der Waals surface area contributed by atoms with Gasteiger partial charge in [-0.1, -0.05) is 6.07 Å². The number of rotatable bonds is 4. The van der Waals surface area contributed by atoms with Crippen molar-refractivity contribution in [3.63, 3.8) is 0 Å². The van der Waals surface area contributed by atoms with E-state index in [2.05, 4.69) is 11.0 Å². The van der Waals surface area contributed by atoms with Crippen LogP contribution in [-0.4, -0.2) is 43.4 Å². The zero-order chi connectivity index (χ0) is 13.0. The van der Waals surface area contributed by atoms with Gasteiger partial charge in [0.25, 0.3) is 0 Å². The molecule has 1 saturated heterocycles. The second-order valence-electron chi connectivity index (χ2n) is 4.70. The van der Waals surface area contributed by atoms with Crippen molar-refractivity contribution in [2.45, 2.75) is 25.5 Å². The van der Waals surface area contributed by atoms with Crippen LogP contribution in [0.2, 0.25) is 0 Å². The number of aliphatic hydroxyl groups excluding tert-OH is 1. The van der Waals surface area contributed by atoms with Gasteiger partial charge in [0.1, 0.15) is 0 Å². The van der Waals surface area contributed by atoms with E-state index in [1.165, 1.54) is 5.56 Å². The van der Waals surface area contributed by atoms with Crippen molar-refractivity contribution in [1.29, 1.82) is 0 Å². The molecule has 0 aromatic heterocycles. The molecule has 1 aliphatic heterocycles. The average molecular weight is 251 g/mol. The molecule has 4 nitrogen and oxygen atoms in total. The van der Waals surface area contributed by atoms with Crippen molar-refractivity contribution >= 4 is 0 Å². The van der Waals surface area contributed by atoms with Crippen molar-refractivity contribution in [3.05, 3.63) is 23.8 Å². The summed E-state index contributed by atoms with van der Waals surface area (Å²) < 4.78 is 10.5. The molecular weight excluding hydrogens is 230 g/mol. The zero-order valence-electron chi connectivity index (χ0n) is 11.1. The molecule has 1 aromatic carbocycles. The lowest BCUT2D eigenvalue weighted by molar-refractivity contribution is 0.0792. The maximum Gasteiger partial charge on any atom is 0.161 e. The number of hydrogen-bond acceptors (Lipinski definition) is 4. The minimum absolute atomic E-state index is 0.119. The molecule has 2 rings (SSSR count). The van der Waals surface area contributed by atoms with Crippen LogP contribution < -0.4 is 9.47 Å². The fourth-order valence-corrected chi connectivity index (χ4v) is 2.31. The van der Waals surface area contributed by atoms with Crippen LogP contribution in [0.5, 0.6) is 11.5 Å². The Morgan fingerprint density at radius 3 is 2.44 bits per heavy atom. The number of likely N-dealkylation sites (tertiary alicyclic amines) is 1. The van der Waals surface area contributed by atoms with Crippen molar-refractivity contribution in [3.8, 4) is 11.5 Å². The van der Waals surface area contributed by atoms with Gasteiger partial charge < -0.3 is 14.6 Å². The van der Waals surface area contributed by atoms with Gasteiger partial charge >= 0.3 is 0 Å². The lowest BCUT2D eigenvalue weighted by Crippen LogP contribution is -2.35. The van der Waals surface area contributed by atoms with Gasteiger partial charge in [-0.25, -0.2) is 0 Å². The van der Waals surface area contributed by atoms with E-state index < -0.39 is 0 Å². The SMILES string of the molecule is COc1ccc(CN2CCC(O)CC2)cc1OC. The maximum atomic E-state index is 9.48. The lowest BCUT2D eigenvalue weighted by atomic mass is 10.1. The van der Waals surface area contributed by atoms with E-state index in [0.717, 1.165) is 44.0 Å². The van der Waals surface area contributed by atoms with Crippen molar-refractivity contribution in [2.24, 2.45) is 0 Å². The number of aliphatic hydroxyl groups is 1. The standard InChI is InChI=1S/C14H21NO3/c1-17-13-4-3-11(9-14(13)18-2)10-15-7-5-12(16)6-8-15/h3-4,9,12,16H,5-8,10H2,1-2H3. The number of nitrogens with zero attached hydrogens (tertiary/aromatic N) is 1. The first-order valence-corrected chi connectivity index (χ1v) is 6.34. The second-order valence-corrected chi connectivity index (χ2v) is 4.70. The Balaban J connectivity index is 2.01. The van der Waals surface area contributed by atoms with E-state index >= 15 is 0 Å². The molecule has 100 valence electrons. The van der Waals surface area contributed by atoms with Gasteiger partial charge in [0.2, 0.25) is 0 Å². The van der Waals surface area contributed by atoms with Crippen LogP contribution in [0.4, 0.5) is 0 Å². The first-order valence-electron chi connectivity index (χ1n) is 6.34. The minimum atomic E-state index is -0.119. The van der Waals surface area contributed by atoms with Crippen LogP contribution in [-0.2, 0) is 6.54 Å². The molecule has 0 saturated carbocycles. The van der Waals surface area contributed by atoms with Gasteiger partial charge in [0.15, 0.2) is 11.5 Å². The van der Waals surface area contributed by atoms with Gasteiger partial charge in [-0.2, -0.15) is 0 Å². The molecule has 18 heavy (non-hydrogen) atoms. The summed E-state index contributed by atoms with van der Waals surface area (Å²) in [6.07, 6.45) is 1.62. The molecule has 0 amide bonds. The molecular formula is C14H21NO3. The molecule has 0 spiro atoms. The van der Waals surface area contributed by atoms with Crippen LogP contribution >= 0.6 is 0 Å². The van der Waals surface area contributed by atoms with Crippen molar-refractivity contribution < 1.29 is 14.6 Å². The van der Waals surface area contributed by atoms with Crippen LogP contribution in [0.15, 0.2) is 18.2 Å². The van der Waals surface area contributed by atoms with Gasteiger partial charge in [0, 0.05) is 19.6 Å². The molecule has 4 heteroatoms. The number of hydrogen-bond donors (Lipinski definition) is 1. The molecule has 1 aliphatic rings. The predicted molar refractivity (Wildman–Crippen MR) is 70.1 cm³/mol. The fraction of sp³-hybridized carbons (Fsp3) is 0.571. The highest BCUT2D eigenvalue weighted by Crippen LogP contribution is 2.28. The number of benzene rings is 1. The molecule has 0 aliphatic carbocycles. The van der Waals surface area contributed by atoms with Crippen LogP contribution in [0, 0.1) is 0 Å². The fourth-order valence-electron chi connectivity index (χ4n) is 2.31. The third-order valence-electron chi connectivity index (χ3n) is 3.41. The molecule has 1 N–H and O–H groups in total. The Labute approximate surface area is 108 Å². The van der Waals surface area contributed by atoms with E-state index in [1.54, 1.807) is 14.2 Å². The first-order chi connectivity index (χ1) is 8.72. The van der Waals surface area contributed by atoms with Gasteiger partial charge in [0.05, 0.1) is 20.3 Å². The summed E-state index contributed by atoms with van der Waals surface area (Å²) in [5, 5.41) is 9.48. The average Bonchev–Trinajstić information content (AvgIpc) is 2.41. The summed E-state index contributed by atoms with van der Waals surface area (Å²) in [4.78, 5) is 2.36. The third kappa shape index (κ3) is 3.15. The number of methoxy groups -OCH3 is 2. The largest absolute Gasteiger partial charge is 0.493 e. The van der Waals surface area contributed by atoms with Crippen molar-refractivity contribution in [1.82, 2.24) is 4.90 Å². The molecule has 0 bridgehead atoms. The second kappa shape index (κ2) is 6.07. The topological polar surface area (TPSA) is 41.9 Å². The van der Waals surface area contributed by atoms with Gasteiger partial charge in [-0.05, 0) is 30.5 Å². The highest BCUT2D eigenvalue weighted by molar-refractivity contribution is 5.42. The first kappa shape index (κ1) is 13.2. The molecule has 1 aromatic rings. The third-order valence-corrected chi connectivity index (χ3v) is 3.41. The summed E-state index contributed by atoms with van der Waals surface area (Å²) in [5.74, 6) is 1.53. The van der Waals surface area contributed by atoms with E-state index in [0.29, 0.717) is 0 Å². The summed E-state index contributed by atoms with van der Waals surface area (Å²) >= 11 is 0. The maximum absolute atomic E-state index is 9.48. The smallest absolute Gasteiger partial charge is 0.161 e. The molecule has 1 heterocycles. The molecule has 0 radical (unpaired) electrons. The normalized spacial score (nSPS) is 17.7. The van der Waals surface area contributed by atoms with Gasteiger partial charge in [-0.15, -0.1) is 0 Å². The Bertz CT molecular complexity index is 387. The number of piperidine rings is 1. The molecule has 0 unspecified atom stereocenters. The van der Waals surface area contributed by atoms with Crippen LogP contribution in [0.25, 0.3) is 0 Å².